The summed E-state index contributed by atoms with van der Waals surface area (Å²) in [6, 6.07) is 0.0613. The van der Waals surface area contributed by atoms with Crippen LogP contribution < -0.4 is 0 Å². The molecule has 0 aromatic carbocycles. The van der Waals surface area contributed by atoms with Gasteiger partial charge in [-0.2, -0.15) is 0 Å². The highest BCUT2D eigenvalue weighted by Crippen LogP contribution is 2.33. The molecule has 1 saturated carbocycles. The van der Waals surface area contributed by atoms with E-state index in [0.29, 0.717) is 12.5 Å². The molecule has 2 heterocycles. The van der Waals surface area contributed by atoms with Crippen LogP contribution in [-0.4, -0.2) is 34.0 Å². The first kappa shape index (κ1) is 15.5. The Morgan fingerprint density at radius 2 is 2.00 bits per heavy atom. The summed E-state index contributed by atoms with van der Waals surface area (Å²) in [4.78, 5) is 19.5. The molecule has 3 rings (SSSR count). The van der Waals surface area contributed by atoms with E-state index in [1.807, 2.05) is 11.1 Å². The van der Waals surface area contributed by atoms with Crippen molar-refractivity contribution in [3.05, 3.63) is 17.7 Å². The molecule has 0 spiro atoms. The number of hydrogen-bond acceptors (Lipinski definition) is 3. The van der Waals surface area contributed by atoms with Gasteiger partial charge in [0, 0.05) is 26.1 Å². The standard InChI is InChI=1S/C17H27N3O2/c1-12-4-6-14(7-5-12)17(21)19-8-9-20-15(11-22-3)10-18-16(20)13(19)2/h10,12-14H,4-9,11H2,1-3H3. The summed E-state index contributed by atoms with van der Waals surface area (Å²) < 4.78 is 7.43. The normalized spacial score (nSPS) is 28.5. The predicted octanol–water partition coefficient (Wildman–Crippen LogP) is 2.76. The highest BCUT2D eigenvalue weighted by Gasteiger charge is 2.34. The van der Waals surface area contributed by atoms with Crippen LogP contribution in [0.1, 0.15) is 57.1 Å². The minimum absolute atomic E-state index is 0.0613. The number of carbonyl (C=O) groups is 1. The van der Waals surface area contributed by atoms with Gasteiger partial charge in [0.1, 0.15) is 5.82 Å². The van der Waals surface area contributed by atoms with Crippen LogP contribution in [0, 0.1) is 11.8 Å². The Morgan fingerprint density at radius 1 is 1.27 bits per heavy atom. The van der Waals surface area contributed by atoms with E-state index in [1.165, 1.54) is 12.8 Å². The van der Waals surface area contributed by atoms with Gasteiger partial charge in [-0.3, -0.25) is 4.79 Å². The smallest absolute Gasteiger partial charge is 0.226 e. The molecule has 22 heavy (non-hydrogen) atoms. The van der Waals surface area contributed by atoms with Crippen LogP contribution in [0.5, 0.6) is 0 Å². The second-order valence-electron chi connectivity index (χ2n) is 6.86. The number of hydrogen-bond donors (Lipinski definition) is 0. The minimum Gasteiger partial charge on any atom is -0.378 e. The van der Waals surface area contributed by atoms with Gasteiger partial charge in [0.05, 0.1) is 24.5 Å². The number of fused-ring (bicyclic) bond motifs is 1. The fourth-order valence-corrected chi connectivity index (χ4v) is 3.87. The van der Waals surface area contributed by atoms with E-state index < -0.39 is 0 Å². The third kappa shape index (κ3) is 2.78. The van der Waals surface area contributed by atoms with E-state index in [1.54, 1.807) is 7.11 Å². The maximum atomic E-state index is 12.9. The second-order valence-corrected chi connectivity index (χ2v) is 6.86. The quantitative estimate of drug-likeness (QED) is 0.862. The van der Waals surface area contributed by atoms with Crippen LogP contribution in [0.3, 0.4) is 0 Å². The second kappa shape index (κ2) is 6.41. The number of nitrogens with zero attached hydrogens (tertiary/aromatic N) is 3. The zero-order valence-corrected chi connectivity index (χ0v) is 13.9. The lowest BCUT2D eigenvalue weighted by atomic mass is 9.82. The van der Waals surface area contributed by atoms with E-state index in [-0.39, 0.29) is 12.0 Å². The van der Waals surface area contributed by atoms with Crippen molar-refractivity contribution in [3.8, 4) is 0 Å². The maximum Gasteiger partial charge on any atom is 0.226 e. The van der Waals surface area contributed by atoms with Gasteiger partial charge in [0.15, 0.2) is 0 Å². The minimum atomic E-state index is 0.0613. The highest BCUT2D eigenvalue weighted by atomic mass is 16.5. The van der Waals surface area contributed by atoms with Gasteiger partial charge in [0.2, 0.25) is 5.91 Å². The van der Waals surface area contributed by atoms with Gasteiger partial charge in [-0.1, -0.05) is 6.92 Å². The van der Waals surface area contributed by atoms with Crippen LogP contribution >= 0.6 is 0 Å². The first-order chi connectivity index (χ1) is 10.6. The number of ether oxygens (including phenoxy) is 1. The fraction of sp³-hybridized carbons (Fsp3) is 0.765. The molecule has 0 N–H and O–H groups in total. The Balaban J connectivity index is 1.72. The molecule has 5 heteroatoms. The molecule has 0 bridgehead atoms. The Labute approximate surface area is 132 Å². The van der Waals surface area contributed by atoms with Crippen LogP contribution in [-0.2, 0) is 22.7 Å². The number of amides is 1. The number of aromatic nitrogens is 2. The van der Waals surface area contributed by atoms with Crippen molar-refractivity contribution in [2.45, 2.75) is 58.7 Å². The van der Waals surface area contributed by atoms with Crippen LogP contribution in [0.2, 0.25) is 0 Å². The lowest BCUT2D eigenvalue weighted by molar-refractivity contribution is -0.140. The molecular formula is C17H27N3O2. The lowest BCUT2D eigenvalue weighted by Crippen LogP contribution is -2.45. The summed E-state index contributed by atoms with van der Waals surface area (Å²) in [5, 5.41) is 0. The third-order valence-electron chi connectivity index (χ3n) is 5.32. The van der Waals surface area contributed by atoms with Crippen molar-refractivity contribution in [1.82, 2.24) is 14.5 Å². The summed E-state index contributed by atoms with van der Waals surface area (Å²) in [6.07, 6.45) is 6.35. The van der Waals surface area contributed by atoms with Gasteiger partial charge in [-0.05, 0) is 38.5 Å². The molecule has 1 aliphatic carbocycles. The highest BCUT2D eigenvalue weighted by molar-refractivity contribution is 5.79. The van der Waals surface area contributed by atoms with Gasteiger partial charge < -0.3 is 14.2 Å². The molecule has 0 radical (unpaired) electrons. The summed E-state index contributed by atoms with van der Waals surface area (Å²) in [6.45, 7) is 6.57. The Kier molecular flexibility index (Phi) is 4.52. The third-order valence-corrected chi connectivity index (χ3v) is 5.32. The van der Waals surface area contributed by atoms with E-state index in [9.17, 15) is 4.79 Å². The summed E-state index contributed by atoms with van der Waals surface area (Å²) in [5.41, 5.74) is 1.10. The molecule has 0 saturated heterocycles. The van der Waals surface area contributed by atoms with E-state index in [0.717, 1.165) is 43.4 Å². The Morgan fingerprint density at radius 3 is 2.68 bits per heavy atom. The first-order valence-corrected chi connectivity index (χ1v) is 8.45. The largest absolute Gasteiger partial charge is 0.378 e. The van der Waals surface area contributed by atoms with Crippen LogP contribution in [0.15, 0.2) is 6.20 Å². The number of methoxy groups -OCH3 is 1. The van der Waals surface area contributed by atoms with Crippen molar-refractivity contribution < 1.29 is 9.53 Å². The van der Waals surface area contributed by atoms with Gasteiger partial charge in [-0.15, -0.1) is 0 Å². The van der Waals surface area contributed by atoms with Crippen LogP contribution in [0.25, 0.3) is 0 Å². The summed E-state index contributed by atoms with van der Waals surface area (Å²) in [7, 11) is 1.70. The zero-order valence-electron chi connectivity index (χ0n) is 13.9. The van der Waals surface area contributed by atoms with Crippen LogP contribution in [0.4, 0.5) is 0 Å². The molecular weight excluding hydrogens is 278 g/mol. The lowest BCUT2D eigenvalue weighted by Gasteiger charge is -2.38. The van der Waals surface area contributed by atoms with Crippen molar-refractivity contribution >= 4 is 5.91 Å². The topological polar surface area (TPSA) is 47.4 Å². The summed E-state index contributed by atoms with van der Waals surface area (Å²) >= 11 is 0. The molecule has 1 unspecified atom stereocenters. The molecule has 1 atom stereocenters. The average molecular weight is 305 g/mol. The molecule has 2 aliphatic rings. The van der Waals surface area contributed by atoms with E-state index in [4.69, 9.17) is 4.74 Å². The van der Waals surface area contributed by atoms with Gasteiger partial charge in [0.25, 0.3) is 0 Å². The first-order valence-electron chi connectivity index (χ1n) is 8.45. The Hall–Kier alpha value is -1.36. The Bertz CT molecular complexity index is 532. The molecule has 1 amide bonds. The number of rotatable bonds is 3. The molecule has 1 aromatic rings. The number of imidazole rings is 1. The number of carbonyl (C=O) groups excluding carboxylic acids is 1. The van der Waals surface area contributed by atoms with Gasteiger partial charge >= 0.3 is 0 Å². The van der Waals surface area contributed by atoms with Crippen molar-refractivity contribution in [2.24, 2.45) is 11.8 Å². The fourth-order valence-electron chi connectivity index (χ4n) is 3.87. The predicted molar refractivity (Wildman–Crippen MR) is 84.2 cm³/mol. The average Bonchev–Trinajstić information content (AvgIpc) is 2.92. The molecule has 1 fully saturated rings. The van der Waals surface area contributed by atoms with Gasteiger partial charge in [-0.25, -0.2) is 4.98 Å². The molecule has 5 nitrogen and oxygen atoms in total. The SMILES string of the molecule is COCc1cnc2n1CCN(C(=O)C1CCC(C)CC1)C2C. The maximum absolute atomic E-state index is 12.9. The van der Waals surface area contributed by atoms with E-state index in [2.05, 4.69) is 23.4 Å². The molecule has 1 aromatic heterocycles. The molecule has 1 aliphatic heterocycles. The van der Waals surface area contributed by atoms with Crippen molar-refractivity contribution in [3.63, 3.8) is 0 Å². The van der Waals surface area contributed by atoms with Crippen molar-refractivity contribution in [2.75, 3.05) is 13.7 Å². The van der Waals surface area contributed by atoms with E-state index >= 15 is 0 Å². The molecule has 122 valence electrons. The zero-order chi connectivity index (χ0) is 15.7. The van der Waals surface area contributed by atoms with Crippen molar-refractivity contribution in [1.29, 1.82) is 0 Å². The summed E-state index contributed by atoms with van der Waals surface area (Å²) in [5.74, 6) is 2.33. The monoisotopic (exact) mass is 305 g/mol.